The molecule has 2 atom stereocenters. The van der Waals surface area contributed by atoms with Crippen molar-refractivity contribution >= 4 is 17.4 Å². The van der Waals surface area contributed by atoms with Crippen LogP contribution in [0.3, 0.4) is 0 Å². The summed E-state index contributed by atoms with van der Waals surface area (Å²) in [5.74, 6) is -0.976. The topological polar surface area (TPSA) is 112 Å². The number of nitrogens with two attached hydrogens (primary N) is 1. The van der Waals surface area contributed by atoms with Crippen LogP contribution in [0.25, 0.3) is 0 Å². The minimum Gasteiger partial charge on any atom is -0.480 e. The largest absolute Gasteiger partial charge is 0.480 e. The molecule has 3 N–H and O–H groups in total. The van der Waals surface area contributed by atoms with E-state index in [9.17, 15) is 13.6 Å². The van der Waals surface area contributed by atoms with Gasteiger partial charge in [0.05, 0.1) is 19.5 Å². The van der Waals surface area contributed by atoms with Crippen molar-refractivity contribution in [3.8, 4) is 5.88 Å². The van der Waals surface area contributed by atoms with Crippen LogP contribution in [0.4, 0.5) is 14.5 Å². The van der Waals surface area contributed by atoms with Gasteiger partial charge in [0.1, 0.15) is 29.5 Å². The molecule has 2 heterocycles. The molecular weight excluding hydrogens is 360 g/mol. The van der Waals surface area contributed by atoms with E-state index in [1.54, 1.807) is 0 Å². The highest BCUT2D eigenvalue weighted by Gasteiger charge is 2.42. The fraction of sp³-hybridized carbons (Fsp3) is 0.294. The third-order valence-corrected chi connectivity index (χ3v) is 4.03. The van der Waals surface area contributed by atoms with Gasteiger partial charge in [-0.15, -0.1) is 0 Å². The second-order valence-electron chi connectivity index (χ2n) is 5.97. The normalized spacial score (nSPS) is 22.1. The standard InChI is InChI=1S/C17H17F2N5O3/c1-17(16(19)27-8-13(20)24-17)10-5-9(3-4-11(10)18)23-15(25)12-6-22-14(26-2)7-21-12/h3-7,16H,8H2,1-2H3,(H2,20,24)(H,23,25)/t16-,17+/m0/s1. The monoisotopic (exact) mass is 377 g/mol. The van der Waals surface area contributed by atoms with Gasteiger partial charge in [-0.05, 0) is 25.1 Å². The number of ether oxygens (including phenoxy) is 2. The molecule has 27 heavy (non-hydrogen) atoms. The fourth-order valence-corrected chi connectivity index (χ4v) is 2.61. The molecule has 1 aromatic heterocycles. The number of carbonyl (C=O) groups is 1. The Morgan fingerprint density at radius 1 is 1.41 bits per heavy atom. The molecule has 1 aromatic carbocycles. The molecule has 1 amide bonds. The lowest BCUT2D eigenvalue weighted by Crippen LogP contribution is -2.43. The van der Waals surface area contributed by atoms with Gasteiger partial charge in [-0.3, -0.25) is 9.79 Å². The van der Waals surface area contributed by atoms with Gasteiger partial charge < -0.3 is 20.5 Å². The number of alkyl halides is 1. The summed E-state index contributed by atoms with van der Waals surface area (Å²) in [7, 11) is 1.42. The predicted octanol–water partition coefficient (Wildman–Crippen LogP) is 1.77. The maximum absolute atomic E-state index is 14.4. The van der Waals surface area contributed by atoms with Crippen molar-refractivity contribution < 1.29 is 23.0 Å². The van der Waals surface area contributed by atoms with Crippen molar-refractivity contribution in [1.82, 2.24) is 9.97 Å². The molecule has 0 unspecified atom stereocenters. The quantitative estimate of drug-likeness (QED) is 0.840. The van der Waals surface area contributed by atoms with Crippen molar-refractivity contribution in [1.29, 1.82) is 0 Å². The lowest BCUT2D eigenvalue weighted by molar-refractivity contribution is -0.0805. The molecule has 0 bridgehead atoms. The Morgan fingerprint density at radius 3 is 2.85 bits per heavy atom. The van der Waals surface area contributed by atoms with E-state index >= 15 is 0 Å². The number of hydrogen-bond acceptors (Lipinski definition) is 7. The van der Waals surface area contributed by atoms with Gasteiger partial charge in [0.2, 0.25) is 12.2 Å². The number of aromatic nitrogens is 2. The van der Waals surface area contributed by atoms with Gasteiger partial charge >= 0.3 is 0 Å². The Labute approximate surface area is 153 Å². The number of anilines is 1. The highest BCUT2D eigenvalue weighted by atomic mass is 19.1. The number of carbonyl (C=O) groups excluding carboxylic acids is 1. The lowest BCUT2D eigenvalue weighted by Gasteiger charge is -2.33. The van der Waals surface area contributed by atoms with E-state index in [0.29, 0.717) is 0 Å². The SMILES string of the molecule is COc1cnc(C(=O)Nc2ccc(F)c([C@@]3(C)N=C(N)CO[C@@H]3F)c2)cn1. The van der Waals surface area contributed by atoms with Crippen molar-refractivity contribution in [3.05, 3.63) is 47.7 Å². The zero-order chi connectivity index (χ0) is 19.6. The molecule has 1 aliphatic heterocycles. The zero-order valence-corrected chi connectivity index (χ0v) is 14.6. The third-order valence-electron chi connectivity index (χ3n) is 4.03. The number of amides is 1. The number of hydrogen-bond donors (Lipinski definition) is 2. The van der Waals surface area contributed by atoms with Crippen molar-refractivity contribution in [2.45, 2.75) is 18.8 Å². The van der Waals surface area contributed by atoms with Gasteiger partial charge in [0.15, 0.2) is 0 Å². The van der Waals surface area contributed by atoms with E-state index in [4.69, 9.17) is 15.2 Å². The molecular formula is C17H17F2N5O3. The molecule has 2 aromatic rings. The summed E-state index contributed by atoms with van der Waals surface area (Å²) in [6.07, 6.45) is 0.631. The summed E-state index contributed by atoms with van der Waals surface area (Å²) in [6, 6.07) is 3.71. The van der Waals surface area contributed by atoms with E-state index in [2.05, 4.69) is 20.3 Å². The molecule has 0 radical (unpaired) electrons. The summed E-state index contributed by atoms with van der Waals surface area (Å²) in [5, 5.41) is 2.55. The van der Waals surface area contributed by atoms with Crippen LogP contribution >= 0.6 is 0 Å². The Hall–Kier alpha value is -3.14. The second-order valence-corrected chi connectivity index (χ2v) is 5.97. The minimum atomic E-state index is -1.89. The number of methoxy groups -OCH3 is 1. The van der Waals surface area contributed by atoms with Gasteiger partial charge in [-0.1, -0.05) is 0 Å². The van der Waals surface area contributed by atoms with Gasteiger partial charge in [-0.2, -0.15) is 0 Å². The van der Waals surface area contributed by atoms with Crippen molar-refractivity contribution in [3.63, 3.8) is 0 Å². The van der Waals surface area contributed by atoms with Gasteiger partial charge in [-0.25, -0.2) is 18.7 Å². The summed E-state index contributed by atoms with van der Waals surface area (Å²) in [5.41, 5.74) is 4.10. The lowest BCUT2D eigenvalue weighted by atomic mass is 9.90. The van der Waals surface area contributed by atoms with E-state index in [1.807, 2.05) is 0 Å². The average Bonchev–Trinajstić information content (AvgIpc) is 2.66. The van der Waals surface area contributed by atoms with Crippen LogP contribution in [0, 0.1) is 5.82 Å². The number of halogens is 2. The molecule has 142 valence electrons. The predicted molar refractivity (Wildman–Crippen MR) is 92.8 cm³/mol. The molecule has 1 aliphatic rings. The fourth-order valence-electron chi connectivity index (χ4n) is 2.61. The molecule has 0 saturated carbocycles. The average molecular weight is 377 g/mol. The van der Waals surface area contributed by atoms with E-state index in [1.165, 1.54) is 38.6 Å². The van der Waals surface area contributed by atoms with Crippen LogP contribution in [-0.4, -0.2) is 41.8 Å². The van der Waals surface area contributed by atoms with E-state index in [0.717, 1.165) is 6.07 Å². The third kappa shape index (κ3) is 3.70. The molecule has 0 spiro atoms. The second kappa shape index (κ2) is 7.23. The van der Waals surface area contributed by atoms with Crippen LogP contribution in [0.2, 0.25) is 0 Å². The van der Waals surface area contributed by atoms with Crippen LogP contribution in [0.5, 0.6) is 5.88 Å². The Kier molecular flexibility index (Phi) is 5.00. The number of rotatable bonds is 4. The Bertz CT molecular complexity index is 891. The first-order valence-electron chi connectivity index (χ1n) is 7.91. The summed E-state index contributed by atoms with van der Waals surface area (Å²) < 4.78 is 38.5. The highest BCUT2D eigenvalue weighted by Crippen LogP contribution is 2.37. The Morgan fingerprint density at radius 2 is 2.19 bits per heavy atom. The highest BCUT2D eigenvalue weighted by molar-refractivity contribution is 6.02. The zero-order valence-electron chi connectivity index (χ0n) is 14.6. The summed E-state index contributed by atoms with van der Waals surface area (Å²) in [4.78, 5) is 24.1. The maximum atomic E-state index is 14.4. The van der Waals surface area contributed by atoms with E-state index < -0.39 is 23.6 Å². The van der Waals surface area contributed by atoms with E-state index in [-0.39, 0.29) is 35.3 Å². The minimum absolute atomic E-state index is 0.0273. The molecule has 0 aliphatic carbocycles. The van der Waals surface area contributed by atoms with Gasteiger partial charge in [0.25, 0.3) is 5.91 Å². The number of amidine groups is 1. The molecule has 0 saturated heterocycles. The van der Waals surface area contributed by atoms with Gasteiger partial charge in [0, 0.05) is 11.3 Å². The molecule has 0 fully saturated rings. The first-order valence-corrected chi connectivity index (χ1v) is 7.91. The van der Waals surface area contributed by atoms with Crippen LogP contribution in [-0.2, 0) is 10.3 Å². The number of benzene rings is 1. The Balaban J connectivity index is 1.89. The van der Waals surface area contributed by atoms with Crippen LogP contribution < -0.4 is 15.8 Å². The number of nitrogens with zero attached hydrogens (tertiary/aromatic N) is 3. The molecule has 3 rings (SSSR count). The number of aliphatic imine (C=N–C) groups is 1. The smallest absolute Gasteiger partial charge is 0.275 e. The first kappa shape index (κ1) is 18.6. The maximum Gasteiger partial charge on any atom is 0.275 e. The van der Waals surface area contributed by atoms with Crippen LogP contribution in [0.15, 0.2) is 35.6 Å². The van der Waals surface area contributed by atoms with Crippen molar-refractivity contribution in [2.24, 2.45) is 10.7 Å². The first-order chi connectivity index (χ1) is 12.8. The summed E-state index contributed by atoms with van der Waals surface area (Å²) in [6.45, 7) is 1.19. The van der Waals surface area contributed by atoms with Crippen LogP contribution in [0.1, 0.15) is 23.0 Å². The van der Waals surface area contributed by atoms with Crippen molar-refractivity contribution in [2.75, 3.05) is 19.0 Å². The summed E-state index contributed by atoms with van der Waals surface area (Å²) >= 11 is 0. The number of nitrogens with one attached hydrogen (secondary N) is 1. The molecule has 8 nitrogen and oxygen atoms in total. The molecule has 10 heteroatoms.